The first kappa shape index (κ1) is 26.1. The molecular formula is C28H50O. The van der Waals surface area contributed by atoms with E-state index in [1.54, 1.807) is 0 Å². The Hall–Kier alpha value is -0.980. The Balaban J connectivity index is 1.88. The second kappa shape index (κ2) is 17.8. The zero-order valence-corrected chi connectivity index (χ0v) is 20.3. The molecule has 0 aromatic heterocycles. The molecule has 168 valence electrons. The Morgan fingerprint density at radius 2 is 1.03 bits per heavy atom. The van der Waals surface area contributed by atoms with Crippen molar-refractivity contribution in [3.05, 3.63) is 28.8 Å². The maximum absolute atomic E-state index is 6.08. The molecule has 0 heterocycles. The first-order valence-electron chi connectivity index (χ1n) is 12.9. The van der Waals surface area contributed by atoms with Gasteiger partial charge >= 0.3 is 0 Å². The summed E-state index contributed by atoms with van der Waals surface area (Å²) in [7, 11) is 0. The number of hydrogen-bond donors (Lipinski definition) is 0. The van der Waals surface area contributed by atoms with Gasteiger partial charge in [-0.3, -0.25) is 0 Å². The minimum absolute atomic E-state index is 0.867. The first-order chi connectivity index (χ1) is 14.2. The second-order valence-corrected chi connectivity index (χ2v) is 9.04. The quantitative estimate of drug-likeness (QED) is 0.209. The molecule has 0 saturated heterocycles. The van der Waals surface area contributed by atoms with E-state index < -0.39 is 0 Å². The Labute approximate surface area is 183 Å². The smallest absolute Gasteiger partial charge is 0.122 e. The molecule has 0 aliphatic heterocycles. The van der Waals surface area contributed by atoms with Gasteiger partial charge in [0.2, 0.25) is 0 Å². The van der Waals surface area contributed by atoms with E-state index in [0.717, 1.165) is 18.8 Å². The van der Waals surface area contributed by atoms with Crippen molar-refractivity contribution in [2.24, 2.45) is 0 Å². The fourth-order valence-electron chi connectivity index (χ4n) is 4.09. The molecule has 0 unspecified atom stereocenters. The Bertz CT molecular complexity index is 505. The topological polar surface area (TPSA) is 9.23 Å². The molecule has 1 rings (SSSR count). The van der Waals surface area contributed by atoms with Gasteiger partial charge in [0.25, 0.3) is 0 Å². The maximum Gasteiger partial charge on any atom is 0.122 e. The van der Waals surface area contributed by atoms with Crippen LogP contribution in [0.15, 0.2) is 12.1 Å². The van der Waals surface area contributed by atoms with E-state index in [1.165, 1.54) is 119 Å². The highest BCUT2D eigenvalue weighted by molar-refractivity contribution is 5.42. The zero-order valence-electron chi connectivity index (χ0n) is 20.3. The molecule has 1 aromatic rings. The Kier molecular flexibility index (Phi) is 16.0. The molecule has 1 aromatic carbocycles. The van der Waals surface area contributed by atoms with Crippen LogP contribution in [-0.2, 0) is 6.42 Å². The van der Waals surface area contributed by atoms with Crippen molar-refractivity contribution in [2.45, 2.75) is 137 Å². The van der Waals surface area contributed by atoms with E-state index in [2.05, 4.69) is 39.8 Å². The molecule has 0 fully saturated rings. The third-order valence-electron chi connectivity index (χ3n) is 6.34. The molecular weight excluding hydrogens is 352 g/mol. The average Bonchev–Trinajstić information content (AvgIpc) is 2.73. The molecule has 1 nitrogen and oxygen atoms in total. The lowest BCUT2D eigenvalue weighted by atomic mass is 10.0. The van der Waals surface area contributed by atoms with Gasteiger partial charge < -0.3 is 4.74 Å². The Morgan fingerprint density at radius 1 is 0.586 bits per heavy atom. The summed E-state index contributed by atoms with van der Waals surface area (Å²) in [6.07, 6.45) is 23.7. The molecule has 0 saturated carbocycles. The summed E-state index contributed by atoms with van der Waals surface area (Å²) in [4.78, 5) is 0. The summed E-state index contributed by atoms with van der Waals surface area (Å²) in [6.45, 7) is 9.74. The molecule has 0 aliphatic carbocycles. The molecule has 0 spiro atoms. The SMILES string of the molecule is CCCCCCCCCCCCCCCCCCOc1cc(CC)cc(C)c1C. The van der Waals surface area contributed by atoms with E-state index in [4.69, 9.17) is 4.74 Å². The maximum atomic E-state index is 6.08. The fourth-order valence-corrected chi connectivity index (χ4v) is 4.09. The average molecular weight is 403 g/mol. The van der Waals surface area contributed by atoms with Crippen LogP contribution in [0.5, 0.6) is 5.75 Å². The van der Waals surface area contributed by atoms with Gasteiger partial charge in [-0.2, -0.15) is 0 Å². The lowest BCUT2D eigenvalue weighted by Gasteiger charge is -2.13. The standard InChI is InChI=1S/C28H50O/c1-5-7-8-9-10-11-12-13-14-15-16-17-18-19-20-21-22-29-28-24-27(6-2)23-25(3)26(28)4/h23-24H,5-22H2,1-4H3. The van der Waals surface area contributed by atoms with Crippen LogP contribution in [0.4, 0.5) is 0 Å². The zero-order chi connectivity index (χ0) is 21.2. The van der Waals surface area contributed by atoms with Crippen molar-refractivity contribution in [3.63, 3.8) is 0 Å². The number of benzene rings is 1. The van der Waals surface area contributed by atoms with Crippen LogP contribution < -0.4 is 4.74 Å². The number of rotatable bonds is 19. The molecule has 0 bridgehead atoms. The van der Waals surface area contributed by atoms with Crippen LogP contribution in [0, 0.1) is 13.8 Å². The largest absolute Gasteiger partial charge is 0.493 e. The highest BCUT2D eigenvalue weighted by atomic mass is 16.5. The fraction of sp³-hybridized carbons (Fsp3) is 0.786. The predicted octanol–water partition coefficient (Wildman–Crippen LogP) is 9.51. The molecule has 1 heteroatoms. The number of hydrogen-bond acceptors (Lipinski definition) is 1. The number of aryl methyl sites for hydroxylation is 2. The number of unbranched alkanes of at least 4 members (excludes halogenated alkanes) is 15. The lowest BCUT2D eigenvalue weighted by Crippen LogP contribution is -2.01. The van der Waals surface area contributed by atoms with Crippen LogP contribution in [0.1, 0.15) is 133 Å². The van der Waals surface area contributed by atoms with Gasteiger partial charge in [-0.05, 0) is 49.4 Å². The molecule has 0 atom stereocenters. The molecule has 0 N–H and O–H groups in total. The normalized spacial score (nSPS) is 11.2. The summed E-state index contributed by atoms with van der Waals surface area (Å²) >= 11 is 0. The van der Waals surface area contributed by atoms with E-state index in [1.807, 2.05) is 0 Å². The van der Waals surface area contributed by atoms with Gasteiger partial charge in [-0.1, -0.05) is 116 Å². The van der Waals surface area contributed by atoms with Crippen molar-refractivity contribution in [2.75, 3.05) is 6.61 Å². The monoisotopic (exact) mass is 402 g/mol. The summed E-state index contributed by atoms with van der Waals surface area (Å²) in [5, 5.41) is 0. The van der Waals surface area contributed by atoms with E-state index >= 15 is 0 Å². The lowest BCUT2D eigenvalue weighted by molar-refractivity contribution is 0.302. The van der Waals surface area contributed by atoms with Gasteiger partial charge in [0.05, 0.1) is 6.61 Å². The number of ether oxygens (including phenoxy) is 1. The van der Waals surface area contributed by atoms with Crippen molar-refractivity contribution in [1.82, 2.24) is 0 Å². The summed E-state index contributed by atoms with van der Waals surface area (Å²) in [5.41, 5.74) is 4.04. The van der Waals surface area contributed by atoms with E-state index in [9.17, 15) is 0 Å². The van der Waals surface area contributed by atoms with Gasteiger partial charge in [0.1, 0.15) is 5.75 Å². The van der Waals surface area contributed by atoms with Crippen LogP contribution in [0.25, 0.3) is 0 Å². The second-order valence-electron chi connectivity index (χ2n) is 9.04. The minimum atomic E-state index is 0.867. The third kappa shape index (κ3) is 13.0. The van der Waals surface area contributed by atoms with E-state index in [-0.39, 0.29) is 0 Å². The first-order valence-corrected chi connectivity index (χ1v) is 12.9. The van der Waals surface area contributed by atoms with Crippen molar-refractivity contribution >= 4 is 0 Å². The molecule has 0 amide bonds. The van der Waals surface area contributed by atoms with Crippen LogP contribution in [0.2, 0.25) is 0 Å². The van der Waals surface area contributed by atoms with Crippen LogP contribution in [0.3, 0.4) is 0 Å². The molecule has 0 radical (unpaired) electrons. The molecule has 29 heavy (non-hydrogen) atoms. The van der Waals surface area contributed by atoms with Crippen molar-refractivity contribution in [1.29, 1.82) is 0 Å². The van der Waals surface area contributed by atoms with Gasteiger partial charge in [0, 0.05) is 0 Å². The van der Waals surface area contributed by atoms with Crippen LogP contribution in [-0.4, -0.2) is 6.61 Å². The predicted molar refractivity (Wildman–Crippen MR) is 130 cm³/mol. The van der Waals surface area contributed by atoms with Gasteiger partial charge in [0.15, 0.2) is 0 Å². The van der Waals surface area contributed by atoms with Gasteiger partial charge in [-0.25, -0.2) is 0 Å². The van der Waals surface area contributed by atoms with E-state index in [0.29, 0.717) is 0 Å². The highest BCUT2D eigenvalue weighted by Crippen LogP contribution is 2.24. The summed E-state index contributed by atoms with van der Waals surface area (Å²) < 4.78 is 6.08. The summed E-state index contributed by atoms with van der Waals surface area (Å²) in [6, 6.07) is 4.52. The third-order valence-corrected chi connectivity index (χ3v) is 6.34. The summed E-state index contributed by atoms with van der Waals surface area (Å²) in [5.74, 6) is 1.10. The highest BCUT2D eigenvalue weighted by Gasteiger charge is 2.05. The van der Waals surface area contributed by atoms with Gasteiger partial charge in [-0.15, -0.1) is 0 Å². The molecule has 0 aliphatic rings. The van der Waals surface area contributed by atoms with Crippen molar-refractivity contribution in [3.8, 4) is 5.75 Å². The Morgan fingerprint density at radius 3 is 1.48 bits per heavy atom. The van der Waals surface area contributed by atoms with Crippen molar-refractivity contribution < 1.29 is 4.74 Å². The minimum Gasteiger partial charge on any atom is -0.493 e. The van der Waals surface area contributed by atoms with Crippen LogP contribution >= 0.6 is 0 Å².